The van der Waals surface area contributed by atoms with E-state index in [0.29, 0.717) is 30.2 Å². The van der Waals surface area contributed by atoms with Crippen molar-refractivity contribution < 1.29 is 13.9 Å². The van der Waals surface area contributed by atoms with E-state index in [2.05, 4.69) is 5.32 Å². The summed E-state index contributed by atoms with van der Waals surface area (Å²) in [5, 5.41) is 3.27. The summed E-state index contributed by atoms with van der Waals surface area (Å²) in [6.07, 6.45) is 0. The molecule has 0 aliphatic carbocycles. The van der Waals surface area contributed by atoms with E-state index in [-0.39, 0.29) is 5.02 Å². The Morgan fingerprint density at radius 1 is 1.19 bits per heavy atom. The van der Waals surface area contributed by atoms with E-state index in [4.69, 9.17) is 21.1 Å². The molecule has 0 aromatic heterocycles. The van der Waals surface area contributed by atoms with E-state index in [1.807, 2.05) is 25.1 Å². The average molecular weight is 310 g/mol. The molecule has 0 amide bonds. The molecule has 1 N–H and O–H groups in total. The summed E-state index contributed by atoms with van der Waals surface area (Å²) in [5.74, 6) is 0.915. The van der Waals surface area contributed by atoms with Gasteiger partial charge in [0, 0.05) is 23.9 Å². The zero-order chi connectivity index (χ0) is 15.2. The first-order valence-corrected chi connectivity index (χ1v) is 7.01. The molecule has 0 fully saturated rings. The van der Waals surface area contributed by atoms with Crippen LogP contribution in [0, 0.1) is 5.82 Å². The molecule has 0 aliphatic rings. The van der Waals surface area contributed by atoms with Crippen LogP contribution < -0.4 is 14.8 Å². The summed E-state index contributed by atoms with van der Waals surface area (Å²) in [4.78, 5) is 0. The van der Waals surface area contributed by atoms with E-state index in [9.17, 15) is 4.39 Å². The fourth-order valence-corrected chi connectivity index (χ4v) is 2.13. The lowest BCUT2D eigenvalue weighted by Gasteiger charge is -2.13. The van der Waals surface area contributed by atoms with Gasteiger partial charge in [0.15, 0.2) is 11.5 Å². The maximum atomic E-state index is 13.8. The van der Waals surface area contributed by atoms with Crippen molar-refractivity contribution in [3.8, 4) is 11.5 Å². The largest absolute Gasteiger partial charge is 0.493 e. The molecule has 5 heteroatoms. The normalized spacial score (nSPS) is 10.3. The van der Waals surface area contributed by atoms with Crippen LogP contribution in [0.4, 0.5) is 10.1 Å². The van der Waals surface area contributed by atoms with Crippen LogP contribution >= 0.6 is 11.6 Å². The second-order valence-electron chi connectivity index (χ2n) is 4.37. The number of halogens is 2. The maximum absolute atomic E-state index is 13.8. The Kier molecular flexibility index (Phi) is 5.28. The monoisotopic (exact) mass is 309 g/mol. The number of ether oxygens (including phenoxy) is 2. The predicted octanol–water partition coefficient (Wildman–Crippen LogP) is 4.50. The summed E-state index contributed by atoms with van der Waals surface area (Å²) < 4.78 is 24.5. The number of rotatable bonds is 6. The van der Waals surface area contributed by atoms with Crippen molar-refractivity contribution in [3.05, 3.63) is 52.8 Å². The second kappa shape index (κ2) is 7.18. The van der Waals surface area contributed by atoms with E-state index in [1.54, 1.807) is 19.2 Å². The molecule has 0 atom stereocenters. The number of nitrogens with one attached hydrogen (secondary N) is 1. The molecule has 0 saturated carbocycles. The molecule has 0 spiro atoms. The Morgan fingerprint density at radius 2 is 2.00 bits per heavy atom. The molecule has 0 bridgehead atoms. The van der Waals surface area contributed by atoms with Gasteiger partial charge in [0.1, 0.15) is 5.82 Å². The van der Waals surface area contributed by atoms with Gasteiger partial charge in [-0.05, 0) is 25.1 Å². The summed E-state index contributed by atoms with van der Waals surface area (Å²) >= 11 is 5.76. The minimum atomic E-state index is -0.398. The van der Waals surface area contributed by atoms with Crippen LogP contribution in [-0.4, -0.2) is 13.7 Å². The minimum Gasteiger partial charge on any atom is -0.493 e. The van der Waals surface area contributed by atoms with Crippen LogP contribution in [0.25, 0.3) is 0 Å². The van der Waals surface area contributed by atoms with Crippen molar-refractivity contribution in [1.82, 2.24) is 0 Å². The molecule has 2 aromatic carbocycles. The minimum absolute atomic E-state index is 0.124. The van der Waals surface area contributed by atoms with Gasteiger partial charge in [-0.25, -0.2) is 4.39 Å². The van der Waals surface area contributed by atoms with E-state index in [0.717, 1.165) is 5.69 Å². The highest BCUT2D eigenvalue weighted by Gasteiger charge is 2.08. The molecule has 2 aromatic rings. The van der Waals surface area contributed by atoms with Crippen LogP contribution in [-0.2, 0) is 6.54 Å². The van der Waals surface area contributed by atoms with Crippen LogP contribution in [0.1, 0.15) is 12.5 Å². The molecule has 0 aliphatic heterocycles. The fourth-order valence-electron chi connectivity index (χ4n) is 1.94. The standard InChI is InChI=1S/C16H17ClFNO2/c1-3-21-15-9-12(7-8-14(15)20-2)19-10-11-5-4-6-13(17)16(11)18/h4-9,19H,3,10H2,1-2H3. The predicted molar refractivity (Wildman–Crippen MR) is 82.9 cm³/mol. The van der Waals surface area contributed by atoms with Crippen LogP contribution in [0.2, 0.25) is 5.02 Å². The Bertz CT molecular complexity index is 619. The smallest absolute Gasteiger partial charge is 0.163 e. The molecular weight excluding hydrogens is 293 g/mol. The van der Waals surface area contributed by atoms with Crippen LogP contribution in [0.3, 0.4) is 0 Å². The lowest BCUT2D eigenvalue weighted by atomic mass is 10.2. The number of methoxy groups -OCH3 is 1. The van der Waals surface area contributed by atoms with Gasteiger partial charge >= 0.3 is 0 Å². The van der Waals surface area contributed by atoms with E-state index in [1.165, 1.54) is 6.07 Å². The third-order valence-corrected chi connectivity index (χ3v) is 3.27. The SMILES string of the molecule is CCOc1cc(NCc2cccc(Cl)c2F)ccc1OC. The van der Waals surface area contributed by atoms with E-state index >= 15 is 0 Å². The van der Waals surface area contributed by atoms with Gasteiger partial charge in [-0.3, -0.25) is 0 Å². The molecule has 0 saturated heterocycles. The molecular formula is C16H17ClFNO2. The van der Waals surface area contributed by atoms with Crippen molar-refractivity contribution >= 4 is 17.3 Å². The Balaban J connectivity index is 2.13. The fraction of sp³-hybridized carbons (Fsp3) is 0.250. The third kappa shape index (κ3) is 3.79. The quantitative estimate of drug-likeness (QED) is 0.852. The highest BCUT2D eigenvalue weighted by atomic mass is 35.5. The number of benzene rings is 2. The molecule has 3 nitrogen and oxygen atoms in total. The molecule has 21 heavy (non-hydrogen) atoms. The van der Waals surface area contributed by atoms with Crippen molar-refractivity contribution in [1.29, 1.82) is 0 Å². The van der Waals surface area contributed by atoms with Gasteiger partial charge in [-0.1, -0.05) is 23.7 Å². The second-order valence-corrected chi connectivity index (χ2v) is 4.77. The van der Waals surface area contributed by atoms with Gasteiger partial charge in [-0.2, -0.15) is 0 Å². The van der Waals surface area contributed by atoms with Crippen molar-refractivity contribution in [2.45, 2.75) is 13.5 Å². The zero-order valence-corrected chi connectivity index (χ0v) is 12.7. The Morgan fingerprint density at radius 3 is 2.71 bits per heavy atom. The first-order chi connectivity index (χ1) is 10.2. The topological polar surface area (TPSA) is 30.5 Å². The number of hydrogen-bond acceptors (Lipinski definition) is 3. The van der Waals surface area contributed by atoms with Crippen molar-refractivity contribution in [3.63, 3.8) is 0 Å². The molecule has 112 valence electrons. The highest BCUT2D eigenvalue weighted by Crippen LogP contribution is 2.30. The van der Waals surface area contributed by atoms with Gasteiger partial charge in [0.25, 0.3) is 0 Å². The molecule has 0 unspecified atom stereocenters. The number of anilines is 1. The highest BCUT2D eigenvalue weighted by molar-refractivity contribution is 6.30. The first kappa shape index (κ1) is 15.4. The lowest BCUT2D eigenvalue weighted by Crippen LogP contribution is -2.03. The summed E-state index contributed by atoms with van der Waals surface area (Å²) in [7, 11) is 1.59. The molecule has 0 heterocycles. The summed E-state index contributed by atoms with van der Waals surface area (Å²) in [6.45, 7) is 2.79. The summed E-state index contributed by atoms with van der Waals surface area (Å²) in [5.41, 5.74) is 1.33. The van der Waals surface area contributed by atoms with Gasteiger partial charge in [-0.15, -0.1) is 0 Å². The van der Waals surface area contributed by atoms with Crippen molar-refractivity contribution in [2.24, 2.45) is 0 Å². The van der Waals surface area contributed by atoms with E-state index < -0.39 is 5.82 Å². The molecule has 0 radical (unpaired) electrons. The van der Waals surface area contributed by atoms with Crippen LogP contribution in [0.5, 0.6) is 11.5 Å². The average Bonchev–Trinajstić information content (AvgIpc) is 2.49. The number of hydrogen-bond donors (Lipinski definition) is 1. The van der Waals surface area contributed by atoms with Gasteiger partial charge in [0.2, 0.25) is 0 Å². The third-order valence-electron chi connectivity index (χ3n) is 2.98. The Hall–Kier alpha value is -1.94. The van der Waals surface area contributed by atoms with Crippen molar-refractivity contribution in [2.75, 3.05) is 19.0 Å². The molecule has 2 rings (SSSR count). The van der Waals surface area contributed by atoms with Crippen LogP contribution in [0.15, 0.2) is 36.4 Å². The lowest BCUT2D eigenvalue weighted by molar-refractivity contribution is 0.311. The first-order valence-electron chi connectivity index (χ1n) is 6.63. The summed E-state index contributed by atoms with van der Waals surface area (Å²) in [6, 6.07) is 10.4. The Labute approximate surface area is 128 Å². The maximum Gasteiger partial charge on any atom is 0.163 e. The van der Waals surface area contributed by atoms with Gasteiger partial charge < -0.3 is 14.8 Å². The van der Waals surface area contributed by atoms with Gasteiger partial charge in [0.05, 0.1) is 18.7 Å². The zero-order valence-electron chi connectivity index (χ0n) is 12.0.